The van der Waals surface area contributed by atoms with E-state index in [2.05, 4.69) is 10.5 Å². The third kappa shape index (κ3) is 2.76. The fourth-order valence-electron chi connectivity index (χ4n) is 1.28. The molecule has 2 aromatic rings. The molecule has 0 saturated heterocycles. The van der Waals surface area contributed by atoms with Crippen LogP contribution >= 0.6 is 0 Å². The fraction of sp³-hybridized carbons (Fsp3) is 0.273. The van der Waals surface area contributed by atoms with E-state index in [4.69, 9.17) is 19.2 Å². The minimum absolute atomic E-state index is 0.0573. The summed E-state index contributed by atoms with van der Waals surface area (Å²) in [5.74, 6) is 0.314. The van der Waals surface area contributed by atoms with Crippen LogP contribution in [0.25, 0.3) is 11.5 Å². The van der Waals surface area contributed by atoms with Crippen molar-refractivity contribution < 1.29 is 23.9 Å². The molecule has 0 bridgehead atoms. The van der Waals surface area contributed by atoms with Gasteiger partial charge < -0.3 is 24.5 Å². The molecule has 3 N–H and O–H groups in total. The van der Waals surface area contributed by atoms with Crippen LogP contribution in [0.15, 0.2) is 33.4 Å². The Morgan fingerprint density at radius 2 is 2.33 bits per heavy atom. The van der Waals surface area contributed by atoms with Crippen LogP contribution in [-0.2, 0) is 0 Å². The lowest BCUT2D eigenvalue weighted by Crippen LogP contribution is -2.34. The molecule has 7 nitrogen and oxygen atoms in total. The van der Waals surface area contributed by atoms with Crippen molar-refractivity contribution in [2.45, 2.75) is 6.10 Å². The molecule has 0 saturated carbocycles. The van der Waals surface area contributed by atoms with Crippen LogP contribution in [0.1, 0.15) is 10.5 Å². The van der Waals surface area contributed by atoms with Crippen molar-refractivity contribution in [2.24, 2.45) is 0 Å². The van der Waals surface area contributed by atoms with E-state index in [1.54, 1.807) is 12.1 Å². The van der Waals surface area contributed by atoms with Gasteiger partial charge in [-0.05, 0) is 12.1 Å². The lowest BCUT2D eigenvalue weighted by molar-refractivity contribution is 0.0796. The minimum atomic E-state index is -0.995. The third-order valence-corrected chi connectivity index (χ3v) is 2.22. The third-order valence-electron chi connectivity index (χ3n) is 2.22. The number of aliphatic hydroxyl groups excluding tert-OH is 2. The maximum Gasteiger partial charge on any atom is 0.273 e. The summed E-state index contributed by atoms with van der Waals surface area (Å²) in [5, 5.41) is 23.7. The van der Waals surface area contributed by atoms with Crippen molar-refractivity contribution in [3.05, 3.63) is 30.2 Å². The van der Waals surface area contributed by atoms with E-state index in [0.717, 1.165) is 0 Å². The Bertz CT molecular complexity index is 505. The van der Waals surface area contributed by atoms with Gasteiger partial charge in [-0.2, -0.15) is 0 Å². The number of furan rings is 1. The lowest BCUT2D eigenvalue weighted by Gasteiger charge is -2.06. The summed E-state index contributed by atoms with van der Waals surface area (Å²) in [6, 6.07) is 4.80. The standard InChI is InChI=1S/C11H12N2O5/c14-6-7(15)5-12-11(16)8-4-10(18-13-8)9-2-1-3-17-9/h1-4,7,14-15H,5-6H2,(H,12,16). The van der Waals surface area contributed by atoms with Gasteiger partial charge in [0.15, 0.2) is 11.5 Å². The largest absolute Gasteiger partial charge is 0.461 e. The van der Waals surface area contributed by atoms with Crippen LogP contribution in [0.4, 0.5) is 0 Å². The van der Waals surface area contributed by atoms with Crippen LogP contribution in [0.2, 0.25) is 0 Å². The van der Waals surface area contributed by atoms with Gasteiger partial charge in [0.1, 0.15) is 0 Å². The van der Waals surface area contributed by atoms with Crippen molar-refractivity contribution >= 4 is 5.91 Å². The van der Waals surface area contributed by atoms with Gasteiger partial charge in [0.2, 0.25) is 5.76 Å². The topological polar surface area (TPSA) is 109 Å². The molecule has 1 unspecified atom stereocenters. The fourth-order valence-corrected chi connectivity index (χ4v) is 1.28. The Morgan fingerprint density at radius 1 is 1.50 bits per heavy atom. The van der Waals surface area contributed by atoms with Crippen molar-refractivity contribution in [3.8, 4) is 11.5 Å². The van der Waals surface area contributed by atoms with E-state index in [0.29, 0.717) is 11.5 Å². The van der Waals surface area contributed by atoms with Crippen LogP contribution in [0, 0.1) is 0 Å². The smallest absolute Gasteiger partial charge is 0.273 e. The van der Waals surface area contributed by atoms with Crippen molar-refractivity contribution in [1.82, 2.24) is 10.5 Å². The van der Waals surface area contributed by atoms with Crippen molar-refractivity contribution in [2.75, 3.05) is 13.2 Å². The van der Waals surface area contributed by atoms with Crippen molar-refractivity contribution in [1.29, 1.82) is 0 Å². The van der Waals surface area contributed by atoms with Gasteiger partial charge in [-0.1, -0.05) is 5.16 Å². The second-order valence-corrected chi connectivity index (χ2v) is 3.60. The molecular formula is C11H12N2O5. The Morgan fingerprint density at radius 3 is 3.00 bits per heavy atom. The number of amides is 1. The Balaban J connectivity index is 1.99. The van der Waals surface area contributed by atoms with Crippen LogP contribution in [0.3, 0.4) is 0 Å². The molecule has 18 heavy (non-hydrogen) atoms. The summed E-state index contributed by atoms with van der Waals surface area (Å²) in [7, 11) is 0. The molecule has 1 atom stereocenters. The second-order valence-electron chi connectivity index (χ2n) is 3.60. The highest BCUT2D eigenvalue weighted by Crippen LogP contribution is 2.20. The minimum Gasteiger partial charge on any atom is -0.461 e. The zero-order valence-corrected chi connectivity index (χ0v) is 9.37. The quantitative estimate of drug-likeness (QED) is 0.692. The summed E-state index contributed by atoms with van der Waals surface area (Å²) in [4.78, 5) is 11.6. The van der Waals surface area contributed by atoms with Crippen LogP contribution in [-0.4, -0.2) is 40.5 Å². The van der Waals surface area contributed by atoms with Gasteiger partial charge in [-0.15, -0.1) is 0 Å². The van der Waals surface area contributed by atoms with Gasteiger partial charge >= 0.3 is 0 Å². The van der Waals surface area contributed by atoms with Crippen molar-refractivity contribution in [3.63, 3.8) is 0 Å². The van der Waals surface area contributed by atoms with Gasteiger partial charge in [-0.3, -0.25) is 4.79 Å². The lowest BCUT2D eigenvalue weighted by atomic mass is 10.3. The normalized spacial score (nSPS) is 12.3. The molecule has 0 fully saturated rings. The molecule has 0 spiro atoms. The average Bonchev–Trinajstić information content (AvgIpc) is 3.04. The summed E-state index contributed by atoms with van der Waals surface area (Å²) in [6.45, 7) is -0.477. The number of nitrogens with zero attached hydrogens (tertiary/aromatic N) is 1. The van der Waals surface area contributed by atoms with Crippen LogP contribution in [0.5, 0.6) is 0 Å². The number of carbonyl (C=O) groups is 1. The first kappa shape index (κ1) is 12.3. The molecular weight excluding hydrogens is 240 g/mol. The average molecular weight is 252 g/mol. The number of hydrogen-bond acceptors (Lipinski definition) is 6. The van der Waals surface area contributed by atoms with Crippen LogP contribution < -0.4 is 5.32 Å². The van der Waals surface area contributed by atoms with Gasteiger partial charge in [0.05, 0.1) is 19.0 Å². The van der Waals surface area contributed by atoms with E-state index in [-0.39, 0.29) is 12.2 Å². The summed E-state index contributed by atoms with van der Waals surface area (Å²) >= 11 is 0. The maximum atomic E-state index is 11.6. The first-order valence-corrected chi connectivity index (χ1v) is 5.28. The highest BCUT2D eigenvalue weighted by molar-refractivity contribution is 5.92. The van der Waals surface area contributed by atoms with E-state index >= 15 is 0 Å². The summed E-state index contributed by atoms with van der Waals surface area (Å²) in [5.41, 5.74) is 0.0755. The molecule has 2 aromatic heterocycles. The van der Waals surface area contributed by atoms with Gasteiger partial charge in [0, 0.05) is 12.6 Å². The number of rotatable bonds is 5. The zero-order valence-electron chi connectivity index (χ0n) is 9.37. The zero-order chi connectivity index (χ0) is 13.0. The van der Waals surface area contributed by atoms with E-state index in [1.807, 2.05) is 0 Å². The highest BCUT2D eigenvalue weighted by atomic mass is 16.5. The molecule has 0 aromatic carbocycles. The number of nitrogens with one attached hydrogen (secondary N) is 1. The summed E-state index contributed by atoms with van der Waals surface area (Å²) in [6.07, 6.45) is 0.486. The Labute approximate surface area is 102 Å². The molecule has 0 aliphatic heterocycles. The van der Waals surface area contributed by atoms with E-state index < -0.39 is 18.6 Å². The Kier molecular flexibility index (Phi) is 3.75. The van der Waals surface area contributed by atoms with Gasteiger partial charge in [0.25, 0.3) is 5.91 Å². The molecule has 1 amide bonds. The second kappa shape index (κ2) is 5.48. The molecule has 2 rings (SSSR count). The molecule has 96 valence electrons. The molecule has 0 radical (unpaired) electrons. The predicted molar refractivity (Wildman–Crippen MR) is 59.6 cm³/mol. The predicted octanol–water partition coefficient (Wildman–Crippen LogP) is 0.0176. The number of carbonyl (C=O) groups excluding carboxylic acids is 1. The summed E-state index contributed by atoms with van der Waals surface area (Å²) < 4.78 is 10.0. The maximum absolute atomic E-state index is 11.6. The SMILES string of the molecule is O=C(NCC(O)CO)c1cc(-c2ccco2)on1. The Hall–Kier alpha value is -2.12. The van der Waals surface area contributed by atoms with E-state index in [9.17, 15) is 4.79 Å². The molecule has 0 aliphatic rings. The molecule has 7 heteroatoms. The van der Waals surface area contributed by atoms with Gasteiger partial charge in [-0.25, -0.2) is 0 Å². The number of hydrogen-bond donors (Lipinski definition) is 3. The highest BCUT2D eigenvalue weighted by Gasteiger charge is 2.15. The first-order valence-electron chi connectivity index (χ1n) is 5.28. The number of aliphatic hydroxyl groups is 2. The van der Waals surface area contributed by atoms with E-state index in [1.165, 1.54) is 12.3 Å². The number of aromatic nitrogens is 1. The molecule has 0 aliphatic carbocycles. The monoisotopic (exact) mass is 252 g/mol. The first-order chi connectivity index (χ1) is 8.70. The molecule has 2 heterocycles.